The molecule has 2 heteroatoms. The molecule has 2 aliphatic heterocycles. The Morgan fingerprint density at radius 1 is 1.07 bits per heavy atom. The first-order valence-electron chi connectivity index (χ1n) is 6.67. The SMILES string of the molecule is CC1CCNC1CN1[C@H](C)CCC[C@@H]1C. The Labute approximate surface area is 94.4 Å². The van der Waals surface area contributed by atoms with Gasteiger partial charge in [0.1, 0.15) is 0 Å². The summed E-state index contributed by atoms with van der Waals surface area (Å²) in [6, 6.07) is 2.33. The second-order valence-electron chi connectivity index (χ2n) is 5.65. The van der Waals surface area contributed by atoms with Crippen LogP contribution in [-0.2, 0) is 0 Å². The normalized spacial score (nSPS) is 43.4. The highest BCUT2D eigenvalue weighted by Crippen LogP contribution is 2.25. The molecule has 0 aromatic heterocycles. The molecule has 2 fully saturated rings. The maximum absolute atomic E-state index is 3.65. The molecule has 15 heavy (non-hydrogen) atoms. The van der Waals surface area contributed by atoms with Crippen LogP contribution in [0.4, 0.5) is 0 Å². The molecular weight excluding hydrogens is 184 g/mol. The van der Waals surface area contributed by atoms with Crippen molar-refractivity contribution in [3.63, 3.8) is 0 Å². The van der Waals surface area contributed by atoms with Gasteiger partial charge in [-0.25, -0.2) is 0 Å². The minimum Gasteiger partial charge on any atom is -0.312 e. The van der Waals surface area contributed by atoms with Crippen molar-refractivity contribution in [2.45, 2.75) is 64.6 Å². The van der Waals surface area contributed by atoms with Crippen molar-refractivity contribution in [2.75, 3.05) is 13.1 Å². The number of hydrogen-bond donors (Lipinski definition) is 1. The number of hydrogen-bond acceptors (Lipinski definition) is 2. The average molecular weight is 210 g/mol. The van der Waals surface area contributed by atoms with Gasteiger partial charge in [0, 0.05) is 24.7 Å². The largest absolute Gasteiger partial charge is 0.312 e. The average Bonchev–Trinajstić information content (AvgIpc) is 2.58. The second kappa shape index (κ2) is 4.84. The van der Waals surface area contributed by atoms with Gasteiger partial charge in [0.2, 0.25) is 0 Å². The molecule has 0 aliphatic carbocycles. The predicted molar refractivity (Wildman–Crippen MR) is 65.1 cm³/mol. The van der Waals surface area contributed by atoms with Crippen LogP contribution in [0.5, 0.6) is 0 Å². The van der Waals surface area contributed by atoms with Crippen LogP contribution in [0.3, 0.4) is 0 Å². The van der Waals surface area contributed by atoms with Crippen molar-refractivity contribution in [3.8, 4) is 0 Å². The van der Waals surface area contributed by atoms with Crippen molar-refractivity contribution in [2.24, 2.45) is 5.92 Å². The molecule has 2 nitrogen and oxygen atoms in total. The van der Waals surface area contributed by atoms with Gasteiger partial charge in [0.25, 0.3) is 0 Å². The first-order valence-corrected chi connectivity index (χ1v) is 6.67. The van der Waals surface area contributed by atoms with Crippen molar-refractivity contribution < 1.29 is 0 Å². The third-order valence-electron chi connectivity index (χ3n) is 4.48. The van der Waals surface area contributed by atoms with E-state index in [2.05, 4.69) is 31.0 Å². The van der Waals surface area contributed by atoms with Gasteiger partial charge in [0.05, 0.1) is 0 Å². The van der Waals surface area contributed by atoms with E-state index < -0.39 is 0 Å². The van der Waals surface area contributed by atoms with Crippen molar-refractivity contribution in [1.29, 1.82) is 0 Å². The fourth-order valence-corrected chi connectivity index (χ4v) is 3.21. The minimum atomic E-state index is 0.744. The van der Waals surface area contributed by atoms with E-state index >= 15 is 0 Å². The summed E-state index contributed by atoms with van der Waals surface area (Å²) in [6.45, 7) is 9.68. The van der Waals surface area contributed by atoms with E-state index in [0.29, 0.717) is 0 Å². The van der Waals surface area contributed by atoms with E-state index in [4.69, 9.17) is 0 Å². The molecule has 2 saturated heterocycles. The van der Waals surface area contributed by atoms with Crippen molar-refractivity contribution in [3.05, 3.63) is 0 Å². The molecule has 0 spiro atoms. The highest BCUT2D eigenvalue weighted by Gasteiger charge is 2.30. The van der Waals surface area contributed by atoms with Crippen LogP contribution in [0.2, 0.25) is 0 Å². The zero-order chi connectivity index (χ0) is 10.8. The zero-order valence-corrected chi connectivity index (χ0v) is 10.5. The van der Waals surface area contributed by atoms with E-state index in [9.17, 15) is 0 Å². The lowest BCUT2D eigenvalue weighted by molar-refractivity contribution is 0.0883. The molecular formula is C13H26N2. The summed E-state index contributed by atoms with van der Waals surface area (Å²) < 4.78 is 0. The molecule has 2 aliphatic rings. The summed E-state index contributed by atoms with van der Waals surface area (Å²) >= 11 is 0. The fourth-order valence-electron chi connectivity index (χ4n) is 3.21. The molecule has 0 radical (unpaired) electrons. The standard InChI is InChI=1S/C13H26N2/c1-10-7-8-14-13(10)9-15-11(2)5-4-6-12(15)3/h10-14H,4-9H2,1-3H3/t10?,11-,12+,13?. The molecule has 0 bridgehead atoms. The van der Waals surface area contributed by atoms with E-state index in [1.807, 2.05) is 0 Å². The van der Waals surface area contributed by atoms with Gasteiger partial charge < -0.3 is 5.32 Å². The molecule has 0 amide bonds. The molecule has 0 aromatic rings. The molecule has 1 N–H and O–H groups in total. The molecule has 88 valence electrons. The Balaban J connectivity index is 1.90. The van der Waals surface area contributed by atoms with Crippen LogP contribution in [0.1, 0.15) is 46.5 Å². The van der Waals surface area contributed by atoms with Gasteiger partial charge >= 0.3 is 0 Å². The summed E-state index contributed by atoms with van der Waals surface area (Å²) in [7, 11) is 0. The number of rotatable bonds is 2. The Bertz CT molecular complexity index is 195. The summed E-state index contributed by atoms with van der Waals surface area (Å²) in [4.78, 5) is 2.73. The summed E-state index contributed by atoms with van der Waals surface area (Å²) in [5.41, 5.74) is 0. The maximum atomic E-state index is 3.65. The highest BCUT2D eigenvalue weighted by atomic mass is 15.2. The first-order chi connectivity index (χ1) is 7.18. The van der Waals surface area contributed by atoms with Crippen molar-refractivity contribution in [1.82, 2.24) is 10.2 Å². The Morgan fingerprint density at radius 3 is 2.27 bits per heavy atom. The lowest BCUT2D eigenvalue weighted by Crippen LogP contribution is -2.50. The lowest BCUT2D eigenvalue weighted by atomic mass is 9.95. The first kappa shape index (κ1) is 11.4. The van der Waals surface area contributed by atoms with Crippen LogP contribution in [-0.4, -0.2) is 36.1 Å². The highest BCUT2D eigenvalue weighted by molar-refractivity contribution is 4.88. The molecule has 0 saturated carbocycles. The molecule has 4 atom stereocenters. The Hall–Kier alpha value is -0.0800. The Kier molecular flexibility index (Phi) is 3.68. The zero-order valence-electron chi connectivity index (χ0n) is 10.5. The van der Waals surface area contributed by atoms with Gasteiger partial charge in [-0.2, -0.15) is 0 Å². The second-order valence-corrected chi connectivity index (χ2v) is 5.65. The molecule has 2 rings (SSSR count). The summed E-state index contributed by atoms with van der Waals surface area (Å²) in [6.07, 6.45) is 5.57. The maximum Gasteiger partial charge on any atom is 0.0221 e. The van der Waals surface area contributed by atoms with Gasteiger partial charge in [0.15, 0.2) is 0 Å². The van der Waals surface area contributed by atoms with Gasteiger partial charge in [-0.1, -0.05) is 13.3 Å². The lowest BCUT2D eigenvalue weighted by Gasteiger charge is -2.41. The van der Waals surface area contributed by atoms with E-state index in [1.54, 1.807) is 0 Å². The van der Waals surface area contributed by atoms with Gasteiger partial charge in [-0.15, -0.1) is 0 Å². The monoisotopic (exact) mass is 210 g/mol. The molecule has 2 unspecified atom stereocenters. The van der Waals surface area contributed by atoms with E-state index in [1.165, 1.54) is 38.8 Å². The minimum absolute atomic E-state index is 0.744. The number of likely N-dealkylation sites (tertiary alicyclic amines) is 1. The van der Waals surface area contributed by atoms with Crippen molar-refractivity contribution >= 4 is 0 Å². The van der Waals surface area contributed by atoms with Gasteiger partial charge in [-0.3, -0.25) is 4.90 Å². The number of piperidine rings is 1. The van der Waals surface area contributed by atoms with Gasteiger partial charge in [-0.05, 0) is 45.6 Å². The third-order valence-corrected chi connectivity index (χ3v) is 4.48. The number of nitrogens with one attached hydrogen (secondary N) is 1. The summed E-state index contributed by atoms with van der Waals surface area (Å²) in [5, 5.41) is 3.65. The quantitative estimate of drug-likeness (QED) is 0.752. The van der Waals surface area contributed by atoms with Crippen LogP contribution in [0.25, 0.3) is 0 Å². The van der Waals surface area contributed by atoms with E-state index in [-0.39, 0.29) is 0 Å². The van der Waals surface area contributed by atoms with Crippen LogP contribution >= 0.6 is 0 Å². The van der Waals surface area contributed by atoms with Crippen LogP contribution in [0.15, 0.2) is 0 Å². The molecule has 0 aromatic carbocycles. The topological polar surface area (TPSA) is 15.3 Å². The Morgan fingerprint density at radius 2 is 1.73 bits per heavy atom. The molecule has 2 heterocycles. The van der Waals surface area contributed by atoms with Crippen LogP contribution in [0, 0.1) is 5.92 Å². The number of nitrogens with zero attached hydrogens (tertiary/aromatic N) is 1. The van der Waals surface area contributed by atoms with Crippen LogP contribution < -0.4 is 5.32 Å². The summed E-state index contributed by atoms with van der Waals surface area (Å²) in [5.74, 6) is 0.867. The third kappa shape index (κ3) is 2.54. The predicted octanol–water partition coefficient (Wildman–Crippen LogP) is 2.25. The fraction of sp³-hybridized carbons (Fsp3) is 1.00. The van der Waals surface area contributed by atoms with E-state index in [0.717, 1.165) is 24.0 Å². The smallest absolute Gasteiger partial charge is 0.0221 e.